The summed E-state index contributed by atoms with van der Waals surface area (Å²) < 4.78 is 13.7. The van der Waals surface area contributed by atoms with Gasteiger partial charge in [0.1, 0.15) is 5.82 Å². The third-order valence-corrected chi connectivity index (χ3v) is 2.95. The summed E-state index contributed by atoms with van der Waals surface area (Å²) in [4.78, 5) is 12.2. The number of carbonyl (C=O) groups excluding carboxylic acids is 1. The topological polar surface area (TPSA) is 67.2 Å². The van der Waals surface area contributed by atoms with Crippen LogP contribution in [0.15, 0.2) is 36.4 Å². The van der Waals surface area contributed by atoms with Crippen molar-refractivity contribution in [3.8, 4) is 0 Å². The minimum Gasteiger partial charge on any atom is -0.323 e. The van der Waals surface area contributed by atoms with E-state index in [4.69, 9.17) is 5.84 Å². The van der Waals surface area contributed by atoms with Gasteiger partial charge in [0.05, 0.1) is 16.9 Å². The highest BCUT2D eigenvalue weighted by atomic mass is 19.1. The number of nitrogens with one attached hydrogen (secondary N) is 2. The van der Waals surface area contributed by atoms with Crippen molar-refractivity contribution < 1.29 is 9.18 Å². The number of aryl methyl sites for hydroxylation is 2. The summed E-state index contributed by atoms with van der Waals surface area (Å²) in [5.41, 5.74) is 5.25. The molecule has 0 aliphatic carbocycles. The van der Waals surface area contributed by atoms with Crippen molar-refractivity contribution in [1.82, 2.24) is 0 Å². The molecule has 2 aromatic carbocycles. The number of hydrogen-bond acceptors (Lipinski definition) is 3. The first-order valence-electron chi connectivity index (χ1n) is 6.16. The van der Waals surface area contributed by atoms with Crippen LogP contribution in [0.4, 0.5) is 15.8 Å². The normalized spacial score (nSPS) is 10.2. The van der Waals surface area contributed by atoms with Crippen molar-refractivity contribution in [2.45, 2.75) is 13.8 Å². The Kier molecular flexibility index (Phi) is 4.00. The quantitative estimate of drug-likeness (QED) is 0.595. The monoisotopic (exact) mass is 273 g/mol. The molecule has 104 valence electrons. The van der Waals surface area contributed by atoms with Gasteiger partial charge in [-0.2, -0.15) is 0 Å². The summed E-state index contributed by atoms with van der Waals surface area (Å²) in [6.45, 7) is 3.69. The van der Waals surface area contributed by atoms with Crippen LogP contribution < -0.4 is 16.6 Å². The van der Waals surface area contributed by atoms with Crippen LogP contribution in [0.1, 0.15) is 21.5 Å². The molecule has 4 N–H and O–H groups in total. The van der Waals surface area contributed by atoms with E-state index < -0.39 is 11.7 Å². The summed E-state index contributed by atoms with van der Waals surface area (Å²) >= 11 is 0. The van der Waals surface area contributed by atoms with E-state index in [1.165, 1.54) is 6.07 Å². The molecule has 0 saturated heterocycles. The van der Waals surface area contributed by atoms with E-state index in [0.717, 1.165) is 11.1 Å². The van der Waals surface area contributed by atoms with Gasteiger partial charge in [-0.05, 0) is 43.7 Å². The molecular formula is C15H16FN3O. The van der Waals surface area contributed by atoms with Crippen molar-refractivity contribution >= 4 is 17.3 Å². The van der Waals surface area contributed by atoms with Crippen molar-refractivity contribution in [1.29, 1.82) is 0 Å². The van der Waals surface area contributed by atoms with E-state index >= 15 is 0 Å². The summed E-state index contributed by atoms with van der Waals surface area (Å²) in [5.74, 6) is 4.50. The van der Waals surface area contributed by atoms with Crippen LogP contribution in [0.5, 0.6) is 0 Å². The number of amides is 1. The Hall–Kier alpha value is -2.40. The predicted octanol–water partition coefficient (Wildman–Crippen LogP) is 2.98. The van der Waals surface area contributed by atoms with Gasteiger partial charge in [-0.25, -0.2) is 4.39 Å². The number of rotatable bonds is 3. The van der Waals surface area contributed by atoms with Crippen LogP contribution in [0.3, 0.4) is 0 Å². The zero-order valence-electron chi connectivity index (χ0n) is 11.3. The van der Waals surface area contributed by atoms with Gasteiger partial charge < -0.3 is 10.7 Å². The third kappa shape index (κ3) is 2.95. The Labute approximate surface area is 116 Å². The van der Waals surface area contributed by atoms with E-state index in [-0.39, 0.29) is 5.69 Å². The van der Waals surface area contributed by atoms with Gasteiger partial charge in [-0.1, -0.05) is 17.7 Å². The number of nitrogens with two attached hydrogens (primary N) is 1. The van der Waals surface area contributed by atoms with Crippen LogP contribution >= 0.6 is 0 Å². The lowest BCUT2D eigenvalue weighted by molar-refractivity contribution is 0.102. The molecule has 2 rings (SSSR count). The maximum atomic E-state index is 13.7. The van der Waals surface area contributed by atoms with Gasteiger partial charge in [-0.3, -0.25) is 10.6 Å². The number of benzene rings is 2. The van der Waals surface area contributed by atoms with Crippen molar-refractivity contribution in [2.24, 2.45) is 5.84 Å². The van der Waals surface area contributed by atoms with Crippen LogP contribution in [-0.2, 0) is 0 Å². The second kappa shape index (κ2) is 5.71. The molecule has 0 spiro atoms. The summed E-state index contributed by atoms with van der Waals surface area (Å²) in [6.07, 6.45) is 0. The first kappa shape index (κ1) is 14.0. The van der Waals surface area contributed by atoms with Gasteiger partial charge in [0.25, 0.3) is 5.91 Å². The molecule has 0 aromatic heterocycles. The lowest BCUT2D eigenvalue weighted by atomic mass is 10.1. The Morgan fingerprint density at radius 2 is 1.70 bits per heavy atom. The Morgan fingerprint density at radius 1 is 1.05 bits per heavy atom. The van der Waals surface area contributed by atoms with E-state index in [0.29, 0.717) is 11.3 Å². The fraction of sp³-hybridized carbons (Fsp3) is 0.133. The molecule has 0 saturated carbocycles. The molecule has 0 bridgehead atoms. The van der Waals surface area contributed by atoms with Crippen molar-refractivity contribution in [2.75, 3.05) is 10.7 Å². The fourth-order valence-electron chi connectivity index (χ4n) is 1.90. The molecule has 0 radical (unpaired) electrons. The summed E-state index contributed by atoms with van der Waals surface area (Å²) in [5, 5.41) is 2.56. The van der Waals surface area contributed by atoms with E-state index in [9.17, 15) is 9.18 Å². The van der Waals surface area contributed by atoms with E-state index in [1.54, 1.807) is 24.3 Å². The lowest BCUT2D eigenvalue weighted by Gasteiger charge is -2.11. The van der Waals surface area contributed by atoms with Gasteiger partial charge in [-0.15, -0.1) is 0 Å². The van der Waals surface area contributed by atoms with Crippen LogP contribution in [-0.4, -0.2) is 5.91 Å². The highest BCUT2D eigenvalue weighted by Gasteiger charge is 2.13. The number of hydrazine groups is 1. The SMILES string of the molecule is Cc1ccc(F)c(NC(=O)c2cc(C)ccc2NN)c1. The highest BCUT2D eigenvalue weighted by molar-refractivity contribution is 6.08. The maximum absolute atomic E-state index is 13.7. The van der Waals surface area contributed by atoms with E-state index in [1.807, 2.05) is 19.9 Å². The second-order valence-corrected chi connectivity index (χ2v) is 4.63. The summed E-state index contributed by atoms with van der Waals surface area (Å²) in [7, 11) is 0. The number of carbonyl (C=O) groups is 1. The predicted molar refractivity (Wildman–Crippen MR) is 78.1 cm³/mol. The molecule has 4 nitrogen and oxygen atoms in total. The number of halogens is 1. The molecule has 5 heteroatoms. The van der Waals surface area contributed by atoms with Crippen LogP contribution in [0.25, 0.3) is 0 Å². The molecule has 0 unspecified atom stereocenters. The van der Waals surface area contributed by atoms with Gasteiger partial charge >= 0.3 is 0 Å². The zero-order chi connectivity index (χ0) is 14.7. The first-order chi connectivity index (χ1) is 9.51. The molecule has 20 heavy (non-hydrogen) atoms. The van der Waals surface area contributed by atoms with Gasteiger partial charge in [0.2, 0.25) is 0 Å². The molecule has 0 heterocycles. The number of anilines is 2. The molecule has 2 aromatic rings. The molecule has 0 aliphatic heterocycles. The average molecular weight is 273 g/mol. The largest absolute Gasteiger partial charge is 0.323 e. The Morgan fingerprint density at radius 3 is 2.40 bits per heavy atom. The van der Waals surface area contributed by atoms with Crippen molar-refractivity contribution in [3.05, 3.63) is 58.9 Å². The highest BCUT2D eigenvalue weighted by Crippen LogP contribution is 2.20. The first-order valence-corrected chi connectivity index (χ1v) is 6.16. The lowest BCUT2D eigenvalue weighted by Crippen LogP contribution is -2.18. The minimum atomic E-state index is -0.473. The average Bonchev–Trinajstić information content (AvgIpc) is 2.42. The zero-order valence-corrected chi connectivity index (χ0v) is 11.3. The smallest absolute Gasteiger partial charge is 0.257 e. The van der Waals surface area contributed by atoms with Crippen molar-refractivity contribution in [3.63, 3.8) is 0 Å². The Bertz CT molecular complexity index is 656. The Balaban J connectivity index is 2.32. The van der Waals surface area contributed by atoms with Crippen LogP contribution in [0, 0.1) is 19.7 Å². The molecule has 0 aliphatic rings. The number of nitrogen functional groups attached to an aromatic ring is 1. The molecule has 0 atom stereocenters. The van der Waals surface area contributed by atoms with Crippen LogP contribution in [0.2, 0.25) is 0 Å². The second-order valence-electron chi connectivity index (χ2n) is 4.63. The maximum Gasteiger partial charge on any atom is 0.257 e. The summed E-state index contributed by atoms with van der Waals surface area (Å²) in [6, 6.07) is 9.78. The van der Waals surface area contributed by atoms with Gasteiger partial charge in [0, 0.05) is 0 Å². The third-order valence-electron chi connectivity index (χ3n) is 2.95. The standard InChI is InChI=1S/C15H16FN3O/c1-9-4-6-13(19-17)11(7-9)15(20)18-14-8-10(2)3-5-12(14)16/h3-8,19H,17H2,1-2H3,(H,18,20). The molecular weight excluding hydrogens is 257 g/mol. The van der Waals surface area contributed by atoms with Gasteiger partial charge in [0.15, 0.2) is 0 Å². The van der Waals surface area contributed by atoms with E-state index in [2.05, 4.69) is 10.7 Å². The fourth-order valence-corrected chi connectivity index (χ4v) is 1.90. The molecule has 1 amide bonds. The minimum absolute atomic E-state index is 0.152. The number of hydrogen-bond donors (Lipinski definition) is 3. The molecule has 0 fully saturated rings.